The van der Waals surface area contributed by atoms with Crippen molar-refractivity contribution in [1.82, 2.24) is 0 Å². The number of phenolic OH excluding ortho intramolecular Hbond substituents is 1. The lowest BCUT2D eigenvalue weighted by molar-refractivity contribution is 0.157. The first-order chi connectivity index (χ1) is 7.02. The standard InChI is InChI=1S/C12H14O3/c1-12(2)4-3-10-8(7-13)5-9(14)6-11(10)15-12/h3-6,13-14H,7H2,1-2H3. The van der Waals surface area contributed by atoms with Crippen molar-refractivity contribution in [2.75, 3.05) is 0 Å². The minimum absolute atomic E-state index is 0.106. The summed E-state index contributed by atoms with van der Waals surface area (Å²) in [6.07, 6.45) is 3.86. The molecule has 2 N–H and O–H groups in total. The normalized spacial score (nSPS) is 17.0. The van der Waals surface area contributed by atoms with Crippen LogP contribution in [-0.2, 0) is 6.61 Å². The molecule has 1 heterocycles. The highest BCUT2D eigenvalue weighted by Gasteiger charge is 2.23. The van der Waals surface area contributed by atoms with E-state index in [9.17, 15) is 5.11 Å². The minimum atomic E-state index is -0.368. The average Bonchev–Trinajstić information content (AvgIpc) is 2.14. The molecular weight excluding hydrogens is 192 g/mol. The Hall–Kier alpha value is -1.48. The molecule has 1 aromatic rings. The molecule has 15 heavy (non-hydrogen) atoms. The maximum atomic E-state index is 9.46. The lowest BCUT2D eigenvalue weighted by Gasteiger charge is -2.28. The topological polar surface area (TPSA) is 49.7 Å². The van der Waals surface area contributed by atoms with E-state index < -0.39 is 0 Å². The van der Waals surface area contributed by atoms with Gasteiger partial charge in [-0.2, -0.15) is 0 Å². The van der Waals surface area contributed by atoms with Crippen molar-refractivity contribution < 1.29 is 14.9 Å². The van der Waals surface area contributed by atoms with Crippen molar-refractivity contribution in [3.8, 4) is 11.5 Å². The Morgan fingerprint density at radius 2 is 2.07 bits per heavy atom. The first-order valence-corrected chi connectivity index (χ1v) is 4.87. The molecule has 0 radical (unpaired) electrons. The first-order valence-electron chi connectivity index (χ1n) is 4.87. The Labute approximate surface area is 88.6 Å². The highest BCUT2D eigenvalue weighted by molar-refractivity contribution is 5.66. The van der Waals surface area contributed by atoms with Crippen molar-refractivity contribution in [1.29, 1.82) is 0 Å². The van der Waals surface area contributed by atoms with Crippen LogP contribution in [0.1, 0.15) is 25.0 Å². The zero-order valence-electron chi connectivity index (χ0n) is 8.82. The number of hydrogen-bond acceptors (Lipinski definition) is 3. The molecule has 3 heteroatoms. The van der Waals surface area contributed by atoms with Crippen molar-refractivity contribution in [2.24, 2.45) is 0 Å². The molecular formula is C12H14O3. The maximum absolute atomic E-state index is 9.46. The monoisotopic (exact) mass is 206 g/mol. The molecule has 0 unspecified atom stereocenters. The second kappa shape index (κ2) is 3.28. The lowest BCUT2D eigenvalue weighted by Crippen LogP contribution is -2.27. The molecule has 0 spiro atoms. The molecule has 0 amide bonds. The van der Waals surface area contributed by atoms with Gasteiger partial charge in [-0.15, -0.1) is 0 Å². The largest absolute Gasteiger partial charge is 0.508 e. The van der Waals surface area contributed by atoms with Crippen LogP contribution in [0.4, 0.5) is 0 Å². The zero-order valence-corrected chi connectivity index (χ0v) is 8.82. The van der Waals surface area contributed by atoms with Gasteiger partial charge in [0, 0.05) is 11.6 Å². The SMILES string of the molecule is CC1(C)C=Cc2c(CO)cc(O)cc2O1. The number of phenols is 1. The number of aliphatic hydroxyl groups is 1. The summed E-state index contributed by atoms with van der Waals surface area (Å²) in [7, 11) is 0. The zero-order chi connectivity index (χ0) is 11.1. The predicted octanol–water partition coefficient (Wildman–Crippen LogP) is 2.07. The fourth-order valence-electron chi connectivity index (χ4n) is 1.67. The van der Waals surface area contributed by atoms with Crippen LogP contribution < -0.4 is 4.74 Å². The Morgan fingerprint density at radius 1 is 1.33 bits per heavy atom. The number of rotatable bonds is 1. The number of ether oxygens (including phenoxy) is 1. The van der Waals surface area contributed by atoms with E-state index >= 15 is 0 Å². The quantitative estimate of drug-likeness (QED) is 0.739. The first kappa shape index (κ1) is 10.1. The third-order valence-corrected chi connectivity index (χ3v) is 2.41. The Morgan fingerprint density at radius 3 is 2.73 bits per heavy atom. The molecule has 0 bridgehead atoms. The number of benzene rings is 1. The summed E-state index contributed by atoms with van der Waals surface area (Å²) in [6, 6.07) is 3.12. The van der Waals surface area contributed by atoms with E-state index in [0.717, 1.165) is 5.56 Å². The number of fused-ring (bicyclic) bond motifs is 1. The molecule has 80 valence electrons. The van der Waals surface area contributed by atoms with E-state index in [1.807, 2.05) is 26.0 Å². The molecule has 1 aliphatic heterocycles. The van der Waals surface area contributed by atoms with Gasteiger partial charge in [0.15, 0.2) is 0 Å². The van der Waals surface area contributed by atoms with Crippen molar-refractivity contribution >= 4 is 6.08 Å². The van der Waals surface area contributed by atoms with E-state index in [4.69, 9.17) is 9.84 Å². The maximum Gasteiger partial charge on any atom is 0.131 e. The summed E-state index contributed by atoms with van der Waals surface area (Å²) in [6.45, 7) is 3.77. The fraction of sp³-hybridized carbons (Fsp3) is 0.333. The van der Waals surface area contributed by atoms with E-state index in [1.54, 1.807) is 12.1 Å². The van der Waals surface area contributed by atoms with Crippen molar-refractivity contribution in [2.45, 2.75) is 26.1 Å². The molecule has 0 saturated heterocycles. The van der Waals surface area contributed by atoms with Crippen molar-refractivity contribution in [3.05, 3.63) is 29.3 Å². The Kier molecular flexibility index (Phi) is 2.20. The van der Waals surface area contributed by atoms with E-state index in [2.05, 4.69) is 0 Å². The van der Waals surface area contributed by atoms with Crippen LogP contribution in [0.2, 0.25) is 0 Å². The summed E-state index contributed by atoms with van der Waals surface area (Å²) < 4.78 is 5.68. The lowest BCUT2D eigenvalue weighted by atomic mass is 9.98. The van der Waals surface area contributed by atoms with Crippen LogP contribution in [0, 0.1) is 0 Å². The fourth-order valence-corrected chi connectivity index (χ4v) is 1.67. The second-order valence-corrected chi connectivity index (χ2v) is 4.21. The van der Waals surface area contributed by atoms with Gasteiger partial charge in [0.05, 0.1) is 6.61 Å². The van der Waals surface area contributed by atoms with Gasteiger partial charge in [0.1, 0.15) is 17.1 Å². The summed E-state index contributed by atoms with van der Waals surface area (Å²) >= 11 is 0. The van der Waals surface area contributed by atoms with Crippen LogP contribution >= 0.6 is 0 Å². The summed E-state index contributed by atoms with van der Waals surface area (Å²) in [5.74, 6) is 0.732. The number of aromatic hydroxyl groups is 1. The molecule has 3 nitrogen and oxygen atoms in total. The van der Waals surface area contributed by atoms with Crippen molar-refractivity contribution in [3.63, 3.8) is 0 Å². The summed E-state index contributed by atoms with van der Waals surface area (Å²) in [4.78, 5) is 0. The third-order valence-electron chi connectivity index (χ3n) is 2.41. The third kappa shape index (κ3) is 1.83. The molecule has 0 atom stereocenters. The second-order valence-electron chi connectivity index (χ2n) is 4.21. The molecule has 1 aromatic carbocycles. The highest BCUT2D eigenvalue weighted by atomic mass is 16.5. The summed E-state index contributed by atoms with van der Waals surface area (Å²) in [5, 5.41) is 18.6. The molecule has 0 saturated carbocycles. The van der Waals surface area contributed by atoms with Gasteiger partial charge < -0.3 is 14.9 Å². The number of aliphatic hydroxyl groups excluding tert-OH is 1. The van der Waals surface area contributed by atoms with Gasteiger partial charge in [0.2, 0.25) is 0 Å². The van der Waals surface area contributed by atoms with E-state index in [0.29, 0.717) is 11.3 Å². The van der Waals surface area contributed by atoms with Crippen LogP contribution in [0.5, 0.6) is 11.5 Å². The smallest absolute Gasteiger partial charge is 0.131 e. The van der Waals surface area contributed by atoms with Crippen LogP contribution in [-0.4, -0.2) is 15.8 Å². The summed E-state index contributed by atoms with van der Waals surface area (Å²) in [5.41, 5.74) is 1.15. The Balaban J connectivity index is 2.55. The molecule has 2 rings (SSSR count). The van der Waals surface area contributed by atoms with Crippen LogP contribution in [0.3, 0.4) is 0 Å². The average molecular weight is 206 g/mol. The minimum Gasteiger partial charge on any atom is -0.508 e. The highest BCUT2D eigenvalue weighted by Crippen LogP contribution is 2.36. The van der Waals surface area contributed by atoms with E-state index in [1.165, 1.54) is 0 Å². The van der Waals surface area contributed by atoms with Gasteiger partial charge in [-0.3, -0.25) is 0 Å². The van der Waals surface area contributed by atoms with Gasteiger partial charge in [-0.25, -0.2) is 0 Å². The Bertz CT molecular complexity index is 419. The van der Waals surface area contributed by atoms with Gasteiger partial charge in [-0.05, 0) is 31.6 Å². The molecule has 0 aliphatic carbocycles. The van der Waals surface area contributed by atoms with Gasteiger partial charge in [0.25, 0.3) is 0 Å². The number of hydrogen-bond donors (Lipinski definition) is 2. The van der Waals surface area contributed by atoms with E-state index in [-0.39, 0.29) is 18.0 Å². The van der Waals surface area contributed by atoms with Crippen LogP contribution in [0.15, 0.2) is 18.2 Å². The molecule has 1 aliphatic rings. The van der Waals surface area contributed by atoms with Gasteiger partial charge in [-0.1, -0.05) is 6.08 Å². The molecule has 0 fully saturated rings. The predicted molar refractivity (Wildman–Crippen MR) is 57.8 cm³/mol. The molecule has 0 aromatic heterocycles. The van der Waals surface area contributed by atoms with Gasteiger partial charge >= 0.3 is 0 Å². The van der Waals surface area contributed by atoms with Crippen LogP contribution in [0.25, 0.3) is 6.08 Å².